The lowest BCUT2D eigenvalue weighted by atomic mass is 9.85. The summed E-state index contributed by atoms with van der Waals surface area (Å²) in [6.45, 7) is 7.04. The van der Waals surface area contributed by atoms with Crippen LogP contribution in [-0.2, 0) is 14.8 Å². The highest BCUT2D eigenvalue weighted by atomic mass is 32.2. The average Bonchev–Trinajstić information content (AvgIpc) is 3.22. The lowest BCUT2D eigenvalue weighted by Gasteiger charge is -2.27. The third kappa shape index (κ3) is 5.49. The third-order valence-electron chi connectivity index (χ3n) is 6.15. The van der Waals surface area contributed by atoms with E-state index in [4.69, 9.17) is 14.2 Å². The van der Waals surface area contributed by atoms with E-state index in [-0.39, 0.29) is 35.6 Å². The van der Waals surface area contributed by atoms with Gasteiger partial charge in [0.15, 0.2) is 11.5 Å². The normalized spacial score (nSPS) is 15.8. The van der Waals surface area contributed by atoms with E-state index >= 15 is 0 Å². The van der Waals surface area contributed by atoms with E-state index in [2.05, 4.69) is 34.9 Å². The van der Waals surface area contributed by atoms with Crippen LogP contribution in [0.1, 0.15) is 69.3 Å². The van der Waals surface area contributed by atoms with Crippen LogP contribution in [0.15, 0.2) is 18.7 Å². The van der Waals surface area contributed by atoms with Crippen molar-refractivity contribution in [2.24, 2.45) is 0 Å². The van der Waals surface area contributed by atoms with Crippen LogP contribution >= 0.6 is 0 Å². The summed E-state index contributed by atoms with van der Waals surface area (Å²) in [5.41, 5.74) is 1.16. The van der Waals surface area contributed by atoms with Crippen LogP contribution in [0.5, 0.6) is 11.8 Å². The second-order valence-electron chi connectivity index (χ2n) is 9.16. The van der Waals surface area contributed by atoms with E-state index in [1.807, 2.05) is 20.8 Å². The highest BCUT2D eigenvalue weighted by molar-refractivity contribution is 7.93. The van der Waals surface area contributed by atoms with Gasteiger partial charge in [-0.25, -0.2) is 18.4 Å². The first kappa shape index (κ1) is 26.7. The first-order valence-electron chi connectivity index (χ1n) is 12.0. The fourth-order valence-electron chi connectivity index (χ4n) is 3.96. The van der Waals surface area contributed by atoms with E-state index in [0.717, 1.165) is 24.8 Å². The van der Waals surface area contributed by atoms with Gasteiger partial charge in [0.2, 0.25) is 27.7 Å². The molecule has 4 rings (SSSR count). The Kier molecular flexibility index (Phi) is 7.87. The molecule has 3 aromatic rings. The summed E-state index contributed by atoms with van der Waals surface area (Å²) in [4.78, 5) is 17.0. The Morgan fingerprint density at radius 1 is 1.00 bits per heavy atom. The molecular weight excluding hydrogens is 500 g/mol. The van der Waals surface area contributed by atoms with Crippen molar-refractivity contribution in [3.8, 4) is 17.4 Å². The number of ether oxygens (including phenoxy) is 3. The Hall–Kier alpha value is -3.39. The molecule has 1 saturated carbocycles. The number of sulfonamides is 1. The van der Waals surface area contributed by atoms with E-state index in [1.54, 1.807) is 23.9 Å². The zero-order valence-electron chi connectivity index (χ0n) is 21.7. The van der Waals surface area contributed by atoms with Gasteiger partial charge in [0, 0.05) is 18.3 Å². The molecule has 200 valence electrons. The number of anilines is 1. The van der Waals surface area contributed by atoms with Crippen molar-refractivity contribution in [3.63, 3.8) is 0 Å². The molecule has 0 aliphatic heterocycles. The van der Waals surface area contributed by atoms with E-state index in [9.17, 15) is 8.42 Å². The quantitative estimate of drug-likeness (QED) is 0.387. The van der Waals surface area contributed by atoms with Crippen LogP contribution in [0.4, 0.5) is 5.95 Å². The Bertz CT molecular complexity index is 1300. The van der Waals surface area contributed by atoms with Gasteiger partial charge in [-0.1, -0.05) is 6.42 Å². The molecule has 0 saturated heterocycles. The Morgan fingerprint density at radius 2 is 1.62 bits per heavy atom. The second-order valence-corrected chi connectivity index (χ2v) is 11.2. The number of nitrogens with zero attached hydrogens (tertiary/aromatic N) is 7. The number of methoxy groups -OCH3 is 2. The number of nitrogens with one attached hydrogen (secondary N) is 1. The largest absolute Gasteiger partial charge is 0.479 e. The molecule has 1 aliphatic carbocycles. The molecule has 1 N–H and O–H groups in total. The van der Waals surface area contributed by atoms with Crippen LogP contribution in [0, 0.1) is 6.92 Å². The van der Waals surface area contributed by atoms with E-state index < -0.39 is 21.4 Å². The molecule has 0 spiro atoms. The highest BCUT2D eigenvalue weighted by Gasteiger charge is 2.37. The predicted octanol–water partition coefficient (Wildman–Crippen LogP) is 2.74. The molecule has 13 nitrogen and oxygen atoms in total. The molecule has 37 heavy (non-hydrogen) atoms. The number of hydrogen-bond donors (Lipinski definition) is 1. The summed E-state index contributed by atoms with van der Waals surface area (Å²) in [6, 6.07) is 0. The number of aryl methyl sites for hydroxylation is 1. The minimum absolute atomic E-state index is 0.0340. The Balaban J connectivity index is 1.77. The van der Waals surface area contributed by atoms with Gasteiger partial charge in [0.1, 0.15) is 23.5 Å². The summed E-state index contributed by atoms with van der Waals surface area (Å²) in [5.74, 6) is 1.28. The van der Waals surface area contributed by atoms with Gasteiger partial charge in [-0.15, -0.1) is 10.2 Å². The van der Waals surface area contributed by atoms with Gasteiger partial charge < -0.3 is 14.2 Å². The fourth-order valence-corrected chi connectivity index (χ4v) is 5.04. The smallest absolute Gasteiger partial charge is 0.245 e. The van der Waals surface area contributed by atoms with Gasteiger partial charge >= 0.3 is 0 Å². The molecule has 3 aromatic heterocycles. The lowest BCUT2D eigenvalue weighted by Crippen LogP contribution is -2.35. The van der Waals surface area contributed by atoms with E-state index in [0.29, 0.717) is 11.5 Å². The highest BCUT2D eigenvalue weighted by Crippen LogP contribution is 2.40. The van der Waals surface area contributed by atoms with Crippen LogP contribution < -0.4 is 14.2 Å². The molecule has 1 aliphatic rings. The minimum atomic E-state index is -4.09. The fraction of sp³-hybridized carbons (Fsp3) is 0.565. The van der Waals surface area contributed by atoms with Crippen molar-refractivity contribution in [2.75, 3.05) is 18.9 Å². The summed E-state index contributed by atoms with van der Waals surface area (Å²) in [5, 5.41) is 7.46. The SMILES string of the molecule is COc1ncnc(OC)c1-n1c(NS(=O)(=O)C(C)C(OC(C)C)c2ncc(C)cn2)nnc1C1CCC1. The molecule has 0 bridgehead atoms. The standard InChI is InChI=1S/C23H32N8O5S/c1-13(2)36-18(19-24-10-14(3)11-25-19)15(4)37(32,33)30-23-29-28-20(16-8-7-9-16)31(23)17-21(34-5)26-12-27-22(17)35-6/h10-13,15-16,18H,7-9H2,1-6H3,(H,29,30). The number of hydrogen-bond acceptors (Lipinski definition) is 11. The van der Waals surface area contributed by atoms with Gasteiger partial charge in [-0.05, 0) is 46.1 Å². The second kappa shape index (κ2) is 10.9. The van der Waals surface area contributed by atoms with E-state index in [1.165, 1.54) is 20.5 Å². The molecule has 2 atom stereocenters. The van der Waals surface area contributed by atoms with Crippen LogP contribution in [0.3, 0.4) is 0 Å². The zero-order valence-corrected chi connectivity index (χ0v) is 22.6. The molecular formula is C23H32N8O5S. The van der Waals surface area contributed by atoms with Crippen molar-refractivity contribution >= 4 is 16.0 Å². The molecule has 0 radical (unpaired) electrons. The Labute approximate surface area is 216 Å². The van der Waals surface area contributed by atoms with Crippen LogP contribution in [0.25, 0.3) is 5.69 Å². The molecule has 2 unspecified atom stereocenters. The topological polar surface area (TPSA) is 156 Å². The first-order chi connectivity index (χ1) is 17.7. The molecule has 14 heteroatoms. The Morgan fingerprint density at radius 3 is 2.14 bits per heavy atom. The van der Waals surface area contributed by atoms with Crippen molar-refractivity contribution in [3.05, 3.63) is 35.9 Å². The predicted molar refractivity (Wildman–Crippen MR) is 134 cm³/mol. The van der Waals surface area contributed by atoms with Crippen molar-refractivity contribution in [2.45, 2.75) is 70.3 Å². The van der Waals surface area contributed by atoms with Gasteiger partial charge in [-0.2, -0.15) is 9.97 Å². The maximum absolute atomic E-state index is 13.7. The lowest BCUT2D eigenvalue weighted by molar-refractivity contribution is 0.00152. The minimum Gasteiger partial charge on any atom is -0.479 e. The van der Waals surface area contributed by atoms with Crippen LogP contribution in [0.2, 0.25) is 0 Å². The zero-order chi connectivity index (χ0) is 26.7. The average molecular weight is 533 g/mol. The van der Waals surface area contributed by atoms with Crippen molar-refractivity contribution < 1.29 is 22.6 Å². The molecule has 1 fully saturated rings. The summed E-state index contributed by atoms with van der Waals surface area (Å²) >= 11 is 0. The molecule has 0 aromatic carbocycles. The van der Waals surface area contributed by atoms with Gasteiger partial charge in [0.05, 0.1) is 20.3 Å². The first-order valence-corrected chi connectivity index (χ1v) is 13.5. The summed E-state index contributed by atoms with van der Waals surface area (Å²) in [6.07, 6.45) is 6.20. The summed E-state index contributed by atoms with van der Waals surface area (Å²) in [7, 11) is -1.17. The van der Waals surface area contributed by atoms with Crippen molar-refractivity contribution in [1.29, 1.82) is 0 Å². The van der Waals surface area contributed by atoms with Crippen molar-refractivity contribution in [1.82, 2.24) is 34.7 Å². The molecule has 3 heterocycles. The number of rotatable bonds is 11. The number of aromatic nitrogens is 7. The van der Waals surface area contributed by atoms with Gasteiger partial charge in [-0.3, -0.25) is 9.29 Å². The molecule has 0 amide bonds. The monoisotopic (exact) mass is 532 g/mol. The maximum Gasteiger partial charge on any atom is 0.245 e. The van der Waals surface area contributed by atoms with Crippen LogP contribution in [-0.4, -0.2) is 68.7 Å². The third-order valence-corrected chi connectivity index (χ3v) is 7.84. The summed E-state index contributed by atoms with van der Waals surface area (Å²) < 4.78 is 48.5. The maximum atomic E-state index is 13.7. The van der Waals surface area contributed by atoms with Gasteiger partial charge in [0.25, 0.3) is 0 Å².